The lowest BCUT2D eigenvalue weighted by atomic mass is 10.1. The van der Waals surface area contributed by atoms with Gasteiger partial charge in [0.05, 0.1) is 22.9 Å². The Hall–Kier alpha value is -2.47. The molecule has 9 nitrogen and oxygen atoms in total. The molecule has 4 N–H and O–H groups in total. The maximum atomic E-state index is 12.4. The third kappa shape index (κ3) is 6.53. The summed E-state index contributed by atoms with van der Waals surface area (Å²) in [5.74, 6) is 0.0371. The van der Waals surface area contributed by atoms with E-state index in [1.807, 2.05) is 0 Å². The molecule has 0 fully saturated rings. The summed E-state index contributed by atoms with van der Waals surface area (Å²) in [5.41, 5.74) is 0.796. The van der Waals surface area contributed by atoms with Gasteiger partial charge in [-0.05, 0) is 55.3 Å². The van der Waals surface area contributed by atoms with E-state index in [1.54, 1.807) is 12.1 Å². The van der Waals surface area contributed by atoms with Crippen LogP contribution < -0.4 is 19.9 Å². The highest BCUT2D eigenvalue weighted by atomic mass is 32.2. The maximum absolute atomic E-state index is 12.4. The summed E-state index contributed by atoms with van der Waals surface area (Å²) in [7, 11) is -6.14. The molecule has 1 atom stereocenters. The molecule has 0 saturated carbocycles. The smallest absolute Gasteiger partial charge is 0.241 e. The molecule has 2 aromatic carbocycles. The lowest BCUT2D eigenvalue weighted by Gasteiger charge is -2.15. The number of hydrogen-bond acceptors (Lipinski definition) is 6. The molecular weight excluding hydrogens is 418 g/mol. The quantitative estimate of drug-likeness (QED) is 0.513. The van der Waals surface area contributed by atoms with Crippen LogP contribution in [0.3, 0.4) is 0 Å². The van der Waals surface area contributed by atoms with Crippen LogP contribution in [0.25, 0.3) is 0 Å². The Balaban J connectivity index is 1.88. The number of nitrogens with one attached hydrogen (secondary N) is 2. The zero-order valence-electron chi connectivity index (χ0n) is 16.0. The first-order chi connectivity index (χ1) is 13.5. The van der Waals surface area contributed by atoms with Crippen LogP contribution in [0.5, 0.6) is 5.75 Å². The number of hydrogen-bond donors (Lipinski definition) is 3. The molecule has 0 unspecified atom stereocenters. The number of amides is 1. The van der Waals surface area contributed by atoms with Gasteiger partial charge < -0.3 is 10.1 Å². The minimum absolute atomic E-state index is 0.00634. The molecule has 158 valence electrons. The fourth-order valence-electron chi connectivity index (χ4n) is 2.44. The Morgan fingerprint density at radius 2 is 1.55 bits per heavy atom. The Labute approximate surface area is 170 Å². The van der Waals surface area contributed by atoms with Crippen LogP contribution in [0.1, 0.15) is 12.5 Å². The minimum atomic E-state index is -3.86. The van der Waals surface area contributed by atoms with Crippen molar-refractivity contribution < 1.29 is 26.4 Å². The lowest BCUT2D eigenvalue weighted by Crippen LogP contribution is -2.45. The van der Waals surface area contributed by atoms with E-state index in [1.165, 1.54) is 50.4 Å². The fourth-order valence-corrected chi connectivity index (χ4v) is 4.16. The standard InChI is InChI=1S/C18H23N3O6S2/c1-13(21-29(25,26)17-9-5-15(27-2)6-10-17)18(22)20-12-11-14-3-7-16(8-4-14)28(19,23)24/h3-10,13,21H,11-12H2,1-2H3,(H,20,22)(H2,19,23,24)/t13-/m0/s1. The molecule has 0 aromatic heterocycles. The summed E-state index contributed by atoms with van der Waals surface area (Å²) in [4.78, 5) is 12.2. The van der Waals surface area contributed by atoms with E-state index in [4.69, 9.17) is 9.88 Å². The molecule has 0 aliphatic rings. The van der Waals surface area contributed by atoms with Crippen LogP contribution in [0.2, 0.25) is 0 Å². The molecule has 0 heterocycles. The van der Waals surface area contributed by atoms with E-state index in [2.05, 4.69) is 10.0 Å². The van der Waals surface area contributed by atoms with Crippen molar-refractivity contribution in [1.82, 2.24) is 10.0 Å². The topological polar surface area (TPSA) is 145 Å². The van der Waals surface area contributed by atoms with Gasteiger partial charge in [0.1, 0.15) is 5.75 Å². The molecule has 11 heteroatoms. The molecule has 0 aliphatic heterocycles. The van der Waals surface area contributed by atoms with Gasteiger partial charge >= 0.3 is 0 Å². The fraction of sp³-hybridized carbons (Fsp3) is 0.278. The van der Waals surface area contributed by atoms with Crippen molar-refractivity contribution in [3.05, 3.63) is 54.1 Å². The highest BCUT2D eigenvalue weighted by molar-refractivity contribution is 7.89. The summed E-state index contributed by atoms with van der Waals surface area (Å²) in [6.07, 6.45) is 0.439. The van der Waals surface area contributed by atoms with E-state index >= 15 is 0 Å². The van der Waals surface area contributed by atoms with E-state index in [9.17, 15) is 21.6 Å². The number of rotatable bonds is 9. The number of benzene rings is 2. The van der Waals surface area contributed by atoms with Crippen LogP contribution >= 0.6 is 0 Å². The average molecular weight is 442 g/mol. The molecule has 0 radical (unpaired) electrons. The van der Waals surface area contributed by atoms with Crippen LogP contribution in [0.4, 0.5) is 0 Å². The third-order valence-electron chi connectivity index (χ3n) is 4.06. The Bertz CT molecular complexity index is 1050. The molecule has 29 heavy (non-hydrogen) atoms. The van der Waals surface area contributed by atoms with Gasteiger partial charge in [-0.2, -0.15) is 4.72 Å². The number of methoxy groups -OCH3 is 1. The second-order valence-electron chi connectivity index (χ2n) is 6.25. The predicted molar refractivity (Wildman–Crippen MR) is 107 cm³/mol. The summed E-state index contributed by atoms with van der Waals surface area (Å²) in [6, 6.07) is 10.8. The summed E-state index contributed by atoms with van der Waals surface area (Å²) < 4.78 is 54.5. The van der Waals surface area contributed by atoms with Crippen molar-refractivity contribution in [3.63, 3.8) is 0 Å². The van der Waals surface area contributed by atoms with Gasteiger partial charge in [0.2, 0.25) is 26.0 Å². The van der Waals surface area contributed by atoms with Crippen LogP contribution in [-0.2, 0) is 31.3 Å². The van der Waals surface area contributed by atoms with Gasteiger partial charge in [0.25, 0.3) is 0 Å². The largest absolute Gasteiger partial charge is 0.497 e. The van der Waals surface area contributed by atoms with Gasteiger partial charge in [-0.25, -0.2) is 22.0 Å². The van der Waals surface area contributed by atoms with Gasteiger partial charge in [0.15, 0.2) is 0 Å². The van der Waals surface area contributed by atoms with Crippen molar-refractivity contribution in [2.45, 2.75) is 29.2 Å². The number of sulfonamides is 2. The third-order valence-corrected chi connectivity index (χ3v) is 6.55. The van der Waals surface area contributed by atoms with Gasteiger partial charge in [-0.3, -0.25) is 4.79 Å². The molecule has 1 amide bonds. The number of ether oxygens (including phenoxy) is 1. The van der Waals surface area contributed by atoms with Gasteiger partial charge in [-0.15, -0.1) is 0 Å². The molecule has 0 saturated heterocycles. The van der Waals surface area contributed by atoms with Gasteiger partial charge in [0, 0.05) is 6.54 Å². The number of carbonyl (C=O) groups excluding carboxylic acids is 1. The minimum Gasteiger partial charge on any atom is -0.497 e. The Kier molecular flexibility index (Phi) is 7.36. The number of carbonyl (C=O) groups is 1. The monoisotopic (exact) mass is 441 g/mol. The highest BCUT2D eigenvalue weighted by Crippen LogP contribution is 2.15. The lowest BCUT2D eigenvalue weighted by molar-refractivity contribution is -0.122. The first kappa shape index (κ1) is 22.8. The normalized spacial score (nSPS) is 12.9. The molecule has 2 aromatic rings. The SMILES string of the molecule is COc1ccc(S(=O)(=O)N[C@@H](C)C(=O)NCCc2ccc(S(N)(=O)=O)cc2)cc1. The first-order valence-electron chi connectivity index (χ1n) is 8.59. The predicted octanol–water partition coefficient (Wildman–Crippen LogP) is 0.368. The number of nitrogens with two attached hydrogens (primary N) is 1. The maximum Gasteiger partial charge on any atom is 0.241 e. The van der Waals surface area contributed by atoms with Crippen LogP contribution in [0.15, 0.2) is 58.3 Å². The van der Waals surface area contributed by atoms with Crippen molar-refractivity contribution >= 4 is 26.0 Å². The van der Waals surface area contributed by atoms with Crippen molar-refractivity contribution in [2.24, 2.45) is 5.14 Å². The van der Waals surface area contributed by atoms with Crippen LogP contribution in [-0.4, -0.2) is 42.4 Å². The summed E-state index contributed by atoms with van der Waals surface area (Å²) >= 11 is 0. The van der Waals surface area contributed by atoms with E-state index in [-0.39, 0.29) is 16.3 Å². The number of primary sulfonamides is 1. The second-order valence-corrected chi connectivity index (χ2v) is 9.52. The molecule has 0 bridgehead atoms. The van der Waals surface area contributed by atoms with E-state index in [0.717, 1.165) is 5.56 Å². The Morgan fingerprint density at radius 3 is 2.07 bits per heavy atom. The average Bonchev–Trinajstić information content (AvgIpc) is 2.67. The zero-order chi connectivity index (χ0) is 21.7. The Morgan fingerprint density at radius 1 is 1.00 bits per heavy atom. The summed E-state index contributed by atoms with van der Waals surface area (Å²) in [6.45, 7) is 1.69. The van der Waals surface area contributed by atoms with Crippen LogP contribution in [0, 0.1) is 0 Å². The van der Waals surface area contributed by atoms with Crippen molar-refractivity contribution in [2.75, 3.05) is 13.7 Å². The second kappa shape index (κ2) is 9.35. The molecule has 0 aliphatic carbocycles. The van der Waals surface area contributed by atoms with E-state index in [0.29, 0.717) is 12.2 Å². The molecule has 0 spiro atoms. The molecular formula is C18H23N3O6S2. The highest BCUT2D eigenvalue weighted by Gasteiger charge is 2.21. The summed E-state index contributed by atoms with van der Waals surface area (Å²) in [5, 5.41) is 7.68. The zero-order valence-corrected chi connectivity index (χ0v) is 17.6. The van der Waals surface area contributed by atoms with E-state index < -0.39 is 32.0 Å². The van der Waals surface area contributed by atoms with Gasteiger partial charge in [-0.1, -0.05) is 12.1 Å². The molecule has 2 rings (SSSR count). The van der Waals surface area contributed by atoms with Crippen molar-refractivity contribution in [1.29, 1.82) is 0 Å². The first-order valence-corrected chi connectivity index (χ1v) is 11.6. The van der Waals surface area contributed by atoms with Crippen molar-refractivity contribution in [3.8, 4) is 5.75 Å².